The van der Waals surface area contributed by atoms with Crippen molar-refractivity contribution in [1.29, 1.82) is 0 Å². The first-order valence-corrected chi connectivity index (χ1v) is 8.80. The number of phenols is 1. The SMILES string of the molecule is CC(NC(=O)c1ccc(NC(=O)c2cc(F)cc(F)c2)cc1O)c1ccccc1. The van der Waals surface area contributed by atoms with Gasteiger partial charge >= 0.3 is 0 Å². The molecule has 0 saturated carbocycles. The Morgan fingerprint density at radius 2 is 1.55 bits per heavy atom. The summed E-state index contributed by atoms with van der Waals surface area (Å²) in [7, 11) is 0. The van der Waals surface area contributed by atoms with E-state index >= 15 is 0 Å². The van der Waals surface area contributed by atoms with E-state index in [0.29, 0.717) is 6.07 Å². The summed E-state index contributed by atoms with van der Waals surface area (Å²) in [6.45, 7) is 1.82. The van der Waals surface area contributed by atoms with E-state index in [1.165, 1.54) is 18.2 Å². The maximum atomic E-state index is 13.3. The van der Waals surface area contributed by atoms with Gasteiger partial charge < -0.3 is 15.7 Å². The average molecular weight is 396 g/mol. The highest BCUT2D eigenvalue weighted by Crippen LogP contribution is 2.24. The van der Waals surface area contributed by atoms with E-state index in [4.69, 9.17) is 0 Å². The summed E-state index contributed by atoms with van der Waals surface area (Å²) in [5.41, 5.74) is 0.902. The van der Waals surface area contributed by atoms with Gasteiger partial charge in [-0.15, -0.1) is 0 Å². The third-order valence-corrected chi connectivity index (χ3v) is 4.27. The number of nitrogens with one attached hydrogen (secondary N) is 2. The lowest BCUT2D eigenvalue weighted by Gasteiger charge is -2.15. The zero-order valence-corrected chi connectivity index (χ0v) is 15.4. The van der Waals surface area contributed by atoms with Crippen LogP contribution in [0.15, 0.2) is 66.7 Å². The molecule has 0 fully saturated rings. The third-order valence-electron chi connectivity index (χ3n) is 4.27. The molecule has 3 N–H and O–H groups in total. The van der Waals surface area contributed by atoms with Crippen LogP contribution in [0.3, 0.4) is 0 Å². The summed E-state index contributed by atoms with van der Waals surface area (Å²) >= 11 is 0. The highest BCUT2D eigenvalue weighted by molar-refractivity contribution is 6.05. The van der Waals surface area contributed by atoms with Crippen LogP contribution in [-0.4, -0.2) is 16.9 Å². The van der Waals surface area contributed by atoms with Crippen molar-refractivity contribution in [2.75, 3.05) is 5.32 Å². The van der Waals surface area contributed by atoms with Crippen molar-refractivity contribution in [2.45, 2.75) is 13.0 Å². The van der Waals surface area contributed by atoms with Crippen LogP contribution in [0.4, 0.5) is 14.5 Å². The molecule has 0 spiro atoms. The summed E-state index contributed by atoms with van der Waals surface area (Å²) in [5.74, 6) is -3.33. The van der Waals surface area contributed by atoms with Gasteiger partial charge in [-0.3, -0.25) is 9.59 Å². The molecule has 1 unspecified atom stereocenters. The van der Waals surface area contributed by atoms with Crippen LogP contribution in [0.2, 0.25) is 0 Å². The zero-order chi connectivity index (χ0) is 21.0. The maximum absolute atomic E-state index is 13.3. The number of halogens is 2. The molecule has 0 saturated heterocycles. The number of carbonyl (C=O) groups is 2. The van der Waals surface area contributed by atoms with E-state index < -0.39 is 23.4 Å². The van der Waals surface area contributed by atoms with E-state index in [9.17, 15) is 23.5 Å². The number of aromatic hydroxyl groups is 1. The van der Waals surface area contributed by atoms with Gasteiger partial charge in [-0.2, -0.15) is 0 Å². The van der Waals surface area contributed by atoms with Crippen molar-refractivity contribution in [2.24, 2.45) is 0 Å². The Hall–Kier alpha value is -3.74. The highest BCUT2D eigenvalue weighted by atomic mass is 19.1. The molecule has 7 heteroatoms. The van der Waals surface area contributed by atoms with Gasteiger partial charge in [0, 0.05) is 23.4 Å². The van der Waals surface area contributed by atoms with Crippen molar-refractivity contribution in [3.63, 3.8) is 0 Å². The minimum atomic E-state index is -0.877. The quantitative estimate of drug-likeness (QED) is 0.598. The lowest BCUT2D eigenvalue weighted by Crippen LogP contribution is -2.26. The predicted molar refractivity (Wildman–Crippen MR) is 105 cm³/mol. The first-order chi connectivity index (χ1) is 13.8. The number of hydrogen-bond acceptors (Lipinski definition) is 3. The Kier molecular flexibility index (Phi) is 5.87. The van der Waals surface area contributed by atoms with Crippen LogP contribution < -0.4 is 10.6 Å². The Bertz CT molecular complexity index is 1030. The zero-order valence-electron chi connectivity index (χ0n) is 15.4. The van der Waals surface area contributed by atoms with E-state index in [1.54, 1.807) is 0 Å². The number of hydrogen-bond donors (Lipinski definition) is 3. The number of rotatable bonds is 5. The molecule has 5 nitrogen and oxygen atoms in total. The largest absolute Gasteiger partial charge is 0.507 e. The summed E-state index contributed by atoms with van der Waals surface area (Å²) < 4.78 is 26.5. The summed E-state index contributed by atoms with van der Waals surface area (Å²) in [6.07, 6.45) is 0. The van der Waals surface area contributed by atoms with Gasteiger partial charge in [-0.05, 0) is 36.8 Å². The molecule has 3 aromatic rings. The summed E-state index contributed by atoms with van der Waals surface area (Å²) in [5, 5.41) is 15.4. The number of anilines is 1. The van der Waals surface area contributed by atoms with E-state index in [0.717, 1.165) is 17.7 Å². The number of amides is 2. The predicted octanol–water partition coefficient (Wildman–Crippen LogP) is 4.41. The van der Waals surface area contributed by atoms with E-state index in [2.05, 4.69) is 10.6 Å². The molecule has 3 aromatic carbocycles. The van der Waals surface area contributed by atoms with Crippen LogP contribution in [-0.2, 0) is 0 Å². The van der Waals surface area contributed by atoms with Gasteiger partial charge in [0.15, 0.2) is 0 Å². The summed E-state index contributed by atoms with van der Waals surface area (Å²) in [6, 6.07) is 15.5. The van der Waals surface area contributed by atoms with Crippen LogP contribution in [0.1, 0.15) is 39.2 Å². The van der Waals surface area contributed by atoms with Gasteiger partial charge in [0.05, 0.1) is 11.6 Å². The molecule has 2 amide bonds. The monoisotopic (exact) mass is 396 g/mol. The smallest absolute Gasteiger partial charge is 0.255 e. The molecule has 0 heterocycles. The Labute approximate surface area is 166 Å². The Balaban J connectivity index is 1.71. The normalized spacial score (nSPS) is 11.6. The van der Waals surface area contributed by atoms with Crippen LogP contribution in [0, 0.1) is 11.6 Å². The molecule has 0 radical (unpaired) electrons. The van der Waals surface area contributed by atoms with Gasteiger partial charge in [-0.25, -0.2) is 8.78 Å². The molecule has 148 valence electrons. The second-order valence-electron chi connectivity index (χ2n) is 6.45. The van der Waals surface area contributed by atoms with Crippen molar-refractivity contribution in [3.05, 3.63) is 95.1 Å². The molecule has 0 aliphatic rings. The van der Waals surface area contributed by atoms with Gasteiger partial charge in [0.1, 0.15) is 17.4 Å². The molecule has 0 aliphatic carbocycles. The first kappa shape index (κ1) is 20.0. The molecule has 0 bridgehead atoms. The number of phenolic OH excluding ortho intramolecular Hbond substituents is 1. The Morgan fingerprint density at radius 3 is 2.17 bits per heavy atom. The van der Waals surface area contributed by atoms with E-state index in [-0.39, 0.29) is 28.6 Å². The van der Waals surface area contributed by atoms with Gasteiger partial charge in [0.25, 0.3) is 11.8 Å². The first-order valence-electron chi connectivity index (χ1n) is 8.80. The molecule has 0 aliphatic heterocycles. The molecule has 29 heavy (non-hydrogen) atoms. The van der Waals surface area contributed by atoms with E-state index in [1.807, 2.05) is 37.3 Å². The van der Waals surface area contributed by atoms with Crippen molar-refractivity contribution in [3.8, 4) is 5.75 Å². The standard InChI is InChI=1S/C22H18F2N2O3/c1-13(14-5-3-2-4-6-14)25-22(29)19-8-7-18(12-20(19)27)26-21(28)15-9-16(23)11-17(24)10-15/h2-13,27H,1H3,(H,25,29)(H,26,28). The summed E-state index contributed by atoms with van der Waals surface area (Å²) in [4.78, 5) is 24.6. The highest BCUT2D eigenvalue weighted by Gasteiger charge is 2.16. The van der Waals surface area contributed by atoms with Gasteiger partial charge in [0.2, 0.25) is 0 Å². The molecule has 3 rings (SSSR count). The minimum absolute atomic E-state index is 0.0302. The lowest BCUT2D eigenvalue weighted by molar-refractivity contribution is 0.0936. The molecule has 1 atom stereocenters. The van der Waals surface area contributed by atoms with Crippen molar-refractivity contribution < 1.29 is 23.5 Å². The number of benzene rings is 3. The second-order valence-corrected chi connectivity index (χ2v) is 6.45. The fourth-order valence-electron chi connectivity index (χ4n) is 2.79. The fourth-order valence-corrected chi connectivity index (χ4v) is 2.79. The number of carbonyl (C=O) groups excluding carboxylic acids is 2. The average Bonchev–Trinajstić information content (AvgIpc) is 2.67. The van der Waals surface area contributed by atoms with Crippen molar-refractivity contribution in [1.82, 2.24) is 5.32 Å². The maximum Gasteiger partial charge on any atom is 0.255 e. The fraction of sp³-hybridized carbons (Fsp3) is 0.0909. The van der Waals surface area contributed by atoms with Crippen molar-refractivity contribution >= 4 is 17.5 Å². The second kappa shape index (κ2) is 8.52. The van der Waals surface area contributed by atoms with Crippen LogP contribution >= 0.6 is 0 Å². The lowest BCUT2D eigenvalue weighted by atomic mass is 10.1. The van der Waals surface area contributed by atoms with Gasteiger partial charge in [-0.1, -0.05) is 30.3 Å². The Morgan fingerprint density at radius 1 is 0.897 bits per heavy atom. The van der Waals surface area contributed by atoms with Crippen LogP contribution in [0.5, 0.6) is 5.75 Å². The van der Waals surface area contributed by atoms with Crippen LogP contribution in [0.25, 0.3) is 0 Å². The molecule has 0 aromatic heterocycles. The third kappa shape index (κ3) is 4.95. The molecular formula is C22H18F2N2O3. The minimum Gasteiger partial charge on any atom is -0.507 e. The topological polar surface area (TPSA) is 78.4 Å². The molecular weight excluding hydrogens is 378 g/mol.